The van der Waals surface area contributed by atoms with Crippen molar-refractivity contribution in [2.45, 2.75) is 62.0 Å². The molecule has 7 nitrogen and oxygen atoms in total. The summed E-state index contributed by atoms with van der Waals surface area (Å²) < 4.78 is 60.9. The number of aromatic nitrogens is 2. The highest BCUT2D eigenvalue weighted by atomic mass is 32.2. The minimum atomic E-state index is -3.40. The van der Waals surface area contributed by atoms with E-state index >= 15 is 4.39 Å². The number of fused-ring (bicyclic) bond motifs is 1. The van der Waals surface area contributed by atoms with Crippen LogP contribution >= 0.6 is 0 Å². The quantitative estimate of drug-likeness (QED) is 0.492. The molecule has 0 amide bonds. The molecule has 0 unspecified atom stereocenters. The van der Waals surface area contributed by atoms with Gasteiger partial charge in [-0.3, -0.25) is 19.8 Å². The third kappa shape index (κ3) is 4.17. The van der Waals surface area contributed by atoms with Crippen LogP contribution in [0.4, 0.5) is 13.2 Å². The van der Waals surface area contributed by atoms with Crippen molar-refractivity contribution in [1.29, 1.82) is 0 Å². The van der Waals surface area contributed by atoms with Crippen molar-refractivity contribution in [3.63, 3.8) is 0 Å². The molecule has 0 radical (unpaired) electrons. The molecule has 2 aliphatic heterocycles. The van der Waals surface area contributed by atoms with Crippen molar-refractivity contribution in [3.05, 3.63) is 58.9 Å². The van der Waals surface area contributed by atoms with E-state index in [4.69, 9.17) is 5.73 Å². The van der Waals surface area contributed by atoms with Gasteiger partial charge in [0, 0.05) is 23.9 Å². The molecule has 0 spiro atoms. The molecule has 2 aromatic heterocycles. The molecular formula is C25H26F3N5O2S. The van der Waals surface area contributed by atoms with E-state index in [9.17, 15) is 17.8 Å². The number of alkyl halides is 2. The van der Waals surface area contributed by atoms with Crippen LogP contribution in [-0.2, 0) is 21.7 Å². The van der Waals surface area contributed by atoms with E-state index in [1.165, 1.54) is 39.1 Å². The second kappa shape index (κ2) is 8.69. The first-order chi connectivity index (χ1) is 16.7. The van der Waals surface area contributed by atoms with E-state index < -0.39 is 50.0 Å². The minimum absolute atomic E-state index is 0.0811. The zero-order valence-corrected chi connectivity index (χ0v) is 21.1. The van der Waals surface area contributed by atoms with E-state index in [0.717, 1.165) is 6.07 Å². The topological polar surface area (TPSA) is 111 Å². The van der Waals surface area contributed by atoms with Crippen LogP contribution in [0, 0.1) is 17.7 Å². The minimum Gasteiger partial charge on any atom is -0.386 e. The highest BCUT2D eigenvalue weighted by Crippen LogP contribution is 2.49. The van der Waals surface area contributed by atoms with Gasteiger partial charge in [0.15, 0.2) is 5.78 Å². The maximum Gasteiger partial charge on any atom is 0.269 e. The standard InChI is InChI=1S/C25H26F3N5O2S/c1-5-6-15-7-10-18(30-13-15)19(34)11-16-8-9-17(26)21(32-16)24(4)20-12-25(27,28)14-31-36(20,35)23(2,3)22(29)33-24/h7-10,13,20H,11-12,14H2,1-4H3,(H2,29,33)/t20-,24+,36-/m1/s1. The van der Waals surface area contributed by atoms with E-state index in [2.05, 4.69) is 31.2 Å². The van der Waals surface area contributed by atoms with Gasteiger partial charge in [-0.15, -0.1) is 5.92 Å². The summed E-state index contributed by atoms with van der Waals surface area (Å²) in [7, 11) is -3.40. The van der Waals surface area contributed by atoms with Gasteiger partial charge in [-0.1, -0.05) is 5.92 Å². The summed E-state index contributed by atoms with van der Waals surface area (Å²) in [5, 5.41) is -1.35. The number of rotatable bonds is 4. The lowest BCUT2D eigenvalue weighted by molar-refractivity contribution is -0.00687. The van der Waals surface area contributed by atoms with Gasteiger partial charge in [-0.25, -0.2) is 21.7 Å². The van der Waals surface area contributed by atoms with Crippen LogP contribution in [0.2, 0.25) is 0 Å². The van der Waals surface area contributed by atoms with Crippen molar-refractivity contribution < 1.29 is 22.2 Å². The number of carbonyl (C=O) groups excluding carboxylic acids is 1. The Labute approximate surface area is 208 Å². The van der Waals surface area contributed by atoms with E-state index in [1.54, 1.807) is 13.0 Å². The maximum absolute atomic E-state index is 15.2. The number of pyridine rings is 2. The van der Waals surface area contributed by atoms with Gasteiger partial charge in [0.25, 0.3) is 5.92 Å². The number of Topliss-reactive ketones (excluding diaryl/α,β-unsaturated/α-hetero) is 1. The fourth-order valence-electron chi connectivity index (χ4n) is 4.54. The Morgan fingerprint density at radius 3 is 2.58 bits per heavy atom. The molecule has 0 saturated carbocycles. The van der Waals surface area contributed by atoms with Crippen LogP contribution < -0.4 is 5.73 Å². The third-order valence-electron chi connectivity index (χ3n) is 6.73. The molecule has 4 rings (SSSR count). The number of halogens is 3. The van der Waals surface area contributed by atoms with Gasteiger partial charge in [0.05, 0.1) is 21.4 Å². The highest BCUT2D eigenvalue weighted by molar-refractivity contribution is 7.96. The smallest absolute Gasteiger partial charge is 0.269 e. The second-order valence-corrected chi connectivity index (χ2v) is 12.6. The van der Waals surface area contributed by atoms with Crippen LogP contribution in [0.1, 0.15) is 61.6 Å². The molecule has 0 fully saturated rings. The number of aliphatic imine (C=N–C) groups is 1. The molecule has 36 heavy (non-hydrogen) atoms. The lowest BCUT2D eigenvalue weighted by Gasteiger charge is -2.48. The largest absolute Gasteiger partial charge is 0.386 e. The number of nitrogens with two attached hydrogens (primary N) is 1. The molecule has 0 aliphatic carbocycles. The van der Waals surface area contributed by atoms with E-state index in [0.29, 0.717) is 5.56 Å². The van der Waals surface area contributed by atoms with Crippen molar-refractivity contribution >= 4 is 21.3 Å². The molecular weight excluding hydrogens is 491 g/mol. The summed E-state index contributed by atoms with van der Waals surface area (Å²) in [6, 6.07) is 5.61. The number of hydrogen-bond acceptors (Lipinski definition) is 7. The molecule has 0 aromatic carbocycles. The SMILES string of the molecule is CC#Cc1ccc(C(=O)Cc2ccc(F)c([C@@]3(C)N=C(N)C(C)(C)[S@@]4(=O)=NCC(F)(F)C[C@H]34)n2)nc1. The van der Waals surface area contributed by atoms with Crippen LogP contribution in [0.15, 0.2) is 39.8 Å². The normalized spacial score (nSPS) is 28.1. The van der Waals surface area contributed by atoms with Crippen LogP contribution in [0.25, 0.3) is 0 Å². The van der Waals surface area contributed by atoms with E-state index in [-0.39, 0.29) is 35.1 Å². The summed E-state index contributed by atoms with van der Waals surface area (Å²) >= 11 is 0. The monoisotopic (exact) mass is 517 g/mol. The Balaban J connectivity index is 1.77. The Morgan fingerprint density at radius 1 is 1.22 bits per heavy atom. The predicted octanol–water partition coefficient (Wildman–Crippen LogP) is 3.65. The van der Waals surface area contributed by atoms with Gasteiger partial charge in [0.1, 0.15) is 39.9 Å². The van der Waals surface area contributed by atoms with Gasteiger partial charge in [-0.2, -0.15) is 0 Å². The van der Waals surface area contributed by atoms with Crippen molar-refractivity contribution in [1.82, 2.24) is 9.97 Å². The van der Waals surface area contributed by atoms with Gasteiger partial charge in [-0.05, 0) is 52.0 Å². The summed E-state index contributed by atoms with van der Waals surface area (Å²) in [6.45, 7) is 5.24. The van der Waals surface area contributed by atoms with E-state index in [1.807, 2.05) is 0 Å². The maximum atomic E-state index is 15.2. The fraction of sp³-hybridized carbons (Fsp3) is 0.440. The first-order valence-electron chi connectivity index (χ1n) is 11.3. The number of nitrogens with zero attached hydrogens (tertiary/aromatic N) is 4. The van der Waals surface area contributed by atoms with Crippen LogP contribution in [-0.4, -0.2) is 48.3 Å². The Hall–Kier alpha value is -3.26. The third-order valence-corrected chi connectivity index (χ3v) is 10.3. The van der Waals surface area contributed by atoms with Crippen molar-refractivity contribution in [2.24, 2.45) is 15.1 Å². The van der Waals surface area contributed by atoms with Crippen LogP contribution in [0.3, 0.4) is 0 Å². The van der Waals surface area contributed by atoms with Gasteiger partial charge < -0.3 is 5.73 Å². The molecule has 3 atom stereocenters. The first kappa shape index (κ1) is 25.8. The number of carbonyl (C=O) groups is 1. The Bertz CT molecular complexity index is 1450. The number of ketones is 1. The van der Waals surface area contributed by atoms with Crippen molar-refractivity contribution in [2.75, 3.05) is 6.54 Å². The van der Waals surface area contributed by atoms with Gasteiger partial charge >= 0.3 is 0 Å². The molecule has 11 heteroatoms. The average Bonchev–Trinajstić information content (AvgIpc) is 2.81. The highest BCUT2D eigenvalue weighted by Gasteiger charge is 2.60. The summed E-state index contributed by atoms with van der Waals surface area (Å²) in [4.78, 5) is 25.6. The van der Waals surface area contributed by atoms with Crippen LogP contribution in [0.5, 0.6) is 0 Å². The van der Waals surface area contributed by atoms with Gasteiger partial charge in [0.2, 0.25) is 0 Å². The first-order valence-corrected chi connectivity index (χ1v) is 12.8. The average molecular weight is 518 g/mol. The summed E-state index contributed by atoms with van der Waals surface area (Å²) in [5.74, 6) is 1.04. The zero-order chi connectivity index (χ0) is 26.5. The Kier molecular flexibility index (Phi) is 6.23. The molecule has 4 heterocycles. The molecule has 2 N–H and O–H groups in total. The Morgan fingerprint density at radius 2 is 1.94 bits per heavy atom. The van der Waals surface area contributed by atoms with Crippen molar-refractivity contribution in [3.8, 4) is 11.8 Å². The molecule has 0 bridgehead atoms. The molecule has 2 aliphatic rings. The number of amidine groups is 1. The zero-order valence-electron chi connectivity index (χ0n) is 20.3. The lowest BCUT2D eigenvalue weighted by atomic mass is 9.87. The lowest BCUT2D eigenvalue weighted by Crippen LogP contribution is -2.62. The summed E-state index contributed by atoms with van der Waals surface area (Å²) in [5.41, 5.74) is 5.08. The number of hydrogen-bond donors (Lipinski definition) is 1. The summed E-state index contributed by atoms with van der Waals surface area (Å²) in [6.07, 6.45) is 0.437. The predicted molar refractivity (Wildman–Crippen MR) is 131 cm³/mol. The molecule has 190 valence electrons. The molecule has 0 saturated heterocycles. The second-order valence-electron chi connectivity index (χ2n) is 9.60. The molecule has 2 aromatic rings. The fourth-order valence-corrected chi connectivity index (χ4v) is 7.73.